The van der Waals surface area contributed by atoms with Gasteiger partial charge in [-0.1, -0.05) is 19.4 Å². The predicted octanol–water partition coefficient (Wildman–Crippen LogP) is 2.78. The maximum absolute atomic E-state index is 12.6. The molecule has 1 saturated heterocycles. The van der Waals surface area contributed by atoms with Crippen LogP contribution in [-0.2, 0) is 9.59 Å². The summed E-state index contributed by atoms with van der Waals surface area (Å²) in [4.78, 5) is 26.1. The van der Waals surface area contributed by atoms with Gasteiger partial charge in [-0.2, -0.15) is 0 Å². The van der Waals surface area contributed by atoms with Crippen LogP contribution in [0.4, 0.5) is 5.69 Å². The van der Waals surface area contributed by atoms with Crippen molar-refractivity contribution >= 4 is 33.4 Å². The summed E-state index contributed by atoms with van der Waals surface area (Å²) in [6.07, 6.45) is 1.87. The smallest absolute Gasteiger partial charge is 0.249 e. The molecule has 20 heavy (non-hydrogen) atoms. The standard InChI is InChI=1S/C15H19BrN2O2/c1-3-4-12-15(20)18(8-7-14(19)17-12)13-9-10(2)5-6-11(13)16/h5-6,9,12H,3-4,7-8H2,1-2H3,(H,17,19). The van der Waals surface area contributed by atoms with Crippen molar-refractivity contribution in [3.63, 3.8) is 0 Å². The third kappa shape index (κ3) is 3.20. The van der Waals surface area contributed by atoms with Crippen LogP contribution in [0.25, 0.3) is 0 Å². The number of aryl methyl sites for hydroxylation is 1. The molecule has 0 bridgehead atoms. The molecule has 1 N–H and O–H groups in total. The number of anilines is 1. The van der Waals surface area contributed by atoms with E-state index in [1.807, 2.05) is 32.0 Å². The van der Waals surface area contributed by atoms with Crippen molar-refractivity contribution in [2.75, 3.05) is 11.4 Å². The molecule has 4 nitrogen and oxygen atoms in total. The number of rotatable bonds is 3. The second kappa shape index (κ2) is 6.39. The summed E-state index contributed by atoms with van der Waals surface area (Å²) in [6.45, 7) is 4.43. The molecule has 0 spiro atoms. The molecule has 108 valence electrons. The predicted molar refractivity (Wildman–Crippen MR) is 82.7 cm³/mol. The van der Waals surface area contributed by atoms with Crippen molar-refractivity contribution in [3.8, 4) is 0 Å². The van der Waals surface area contributed by atoms with Crippen LogP contribution in [-0.4, -0.2) is 24.4 Å². The molecule has 0 radical (unpaired) electrons. The van der Waals surface area contributed by atoms with Gasteiger partial charge < -0.3 is 10.2 Å². The highest BCUT2D eigenvalue weighted by Crippen LogP contribution is 2.29. The second-order valence-electron chi connectivity index (χ2n) is 5.10. The third-order valence-electron chi connectivity index (χ3n) is 3.43. The fourth-order valence-electron chi connectivity index (χ4n) is 2.39. The molecule has 0 aromatic heterocycles. The molecule has 1 fully saturated rings. The van der Waals surface area contributed by atoms with E-state index < -0.39 is 6.04 Å². The minimum Gasteiger partial charge on any atom is -0.344 e. The summed E-state index contributed by atoms with van der Waals surface area (Å²) < 4.78 is 0.876. The molecule has 1 aliphatic rings. The van der Waals surface area contributed by atoms with Gasteiger partial charge in [-0.05, 0) is 47.0 Å². The lowest BCUT2D eigenvalue weighted by molar-refractivity contribution is -0.125. The van der Waals surface area contributed by atoms with Gasteiger partial charge in [0.1, 0.15) is 6.04 Å². The summed E-state index contributed by atoms with van der Waals surface area (Å²) >= 11 is 3.49. The number of carbonyl (C=O) groups excluding carboxylic acids is 2. The van der Waals surface area contributed by atoms with Crippen LogP contribution in [0.5, 0.6) is 0 Å². The monoisotopic (exact) mass is 338 g/mol. The average molecular weight is 339 g/mol. The lowest BCUT2D eigenvalue weighted by Gasteiger charge is -2.25. The zero-order chi connectivity index (χ0) is 14.7. The Labute approximate surface area is 127 Å². The Morgan fingerprint density at radius 1 is 1.40 bits per heavy atom. The van der Waals surface area contributed by atoms with Gasteiger partial charge in [0, 0.05) is 17.4 Å². The van der Waals surface area contributed by atoms with Crippen LogP contribution >= 0.6 is 15.9 Å². The fraction of sp³-hybridized carbons (Fsp3) is 0.467. The Hall–Kier alpha value is -1.36. The van der Waals surface area contributed by atoms with Crippen LogP contribution in [0.3, 0.4) is 0 Å². The number of hydrogen-bond donors (Lipinski definition) is 1. The molecule has 0 saturated carbocycles. The van der Waals surface area contributed by atoms with Crippen molar-refractivity contribution in [2.45, 2.75) is 39.2 Å². The zero-order valence-electron chi connectivity index (χ0n) is 11.8. The van der Waals surface area contributed by atoms with Crippen molar-refractivity contribution in [3.05, 3.63) is 28.2 Å². The first-order valence-corrected chi connectivity index (χ1v) is 7.69. The van der Waals surface area contributed by atoms with Crippen LogP contribution in [0.2, 0.25) is 0 Å². The Balaban J connectivity index is 2.35. The first-order valence-electron chi connectivity index (χ1n) is 6.89. The van der Waals surface area contributed by atoms with Gasteiger partial charge in [0.25, 0.3) is 0 Å². The number of benzene rings is 1. The van der Waals surface area contributed by atoms with Gasteiger partial charge >= 0.3 is 0 Å². The summed E-state index contributed by atoms with van der Waals surface area (Å²) in [7, 11) is 0. The normalized spacial score (nSPS) is 19.8. The van der Waals surface area contributed by atoms with Gasteiger partial charge in [0.15, 0.2) is 0 Å². The van der Waals surface area contributed by atoms with E-state index in [2.05, 4.69) is 21.2 Å². The Morgan fingerprint density at radius 3 is 2.85 bits per heavy atom. The minimum atomic E-state index is -0.414. The molecule has 1 unspecified atom stereocenters. The van der Waals surface area contributed by atoms with E-state index in [0.717, 1.165) is 22.1 Å². The highest BCUT2D eigenvalue weighted by Gasteiger charge is 2.30. The van der Waals surface area contributed by atoms with Crippen LogP contribution in [0.15, 0.2) is 22.7 Å². The summed E-state index contributed by atoms with van der Waals surface area (Å²) in [5.41, 5.74) is 1.93. The molecule has 1 aromatic rings. The number of nitrogens with zero attached hydrogens (tertiary/aromatic N) is 1. The Morgan fingerprint density at radius 2 is 2.15 bits per heavy atom. The molecule has 2 rings (SSSR count). The first-order chi connectivity index (χ1) is 9.52. The zero-order valence-corrected chi connectivity index (χ0v) is 13.4. The quantitative estimate of drug-likeness (QED) is 0.921. The molecule has 0 aliphatic carbocycles. The summed E-state index contributed by atoms with van der Waals surface area (Å²) in [5.74, 6) is -0.0768. The van der Waals surface area contributed by atoms with E-state index in [-0.39, 0.29) is 11.8 Å². The average Bonchev–Trinajstić information content (AvgIpc) is 2.54. The van der Waals surface area contributed by atoms with E-state index >= 15 is 0 Å². The largest absolute Gasteiger partial charge is 0.344 e. The van der Waals surface area contributed by atoms with Gasteiger partial charge in [-0.3, -0.25) is 9.59 Å². The van der Waals surface area contributed by atoms with Crippen LogP contribution in [0, 0.1) is 6.92 Å². The number of amides is 2. The molecule has 1 atom stereocenters. The van der Waals surface area contributed by atoms with E-state index in [1.54, 1.807) is 4.90 Å². The summed E-state index contributed by atoms with van der Waals surface area (Å²) in [5, 5.41) is 2.82. The van der Waals surface area contributed by atoms with Crippen molar-refractivity contribution in [2.24, 2.45) is 0 Å². The van der Waals surface area contributed by atoms with Gasteiger partial charge in [0.2, 0.25) is 11.8 Å². The SMILES string of the molecule is CCCC1NC(=O)CCN(c2cc(C)ccc2Br)C1=O. The fourth-order valence-corrected chi connectivity index (χ4v) is 2.85. The molecule has 5 heteroatoms. The lowest BCUT2D eigenvalue weighted by Crippen LogP contribution is -2.44. The molecule has 1 heterocycles. The maximum Gasteiger partial charge on any atom is 0.249 e. The molecular formula is C15H19BrN2O2. The molecule has 1 aliphatic heterocycles. The number of hydrogen-bond acceptors (Lipinski definition) is 2. The maximum atomic E-state index is 12.6. The molecule has 1 aromatic carbocycles. The minimum absolute atomic E-state index is 0.0241. The van der Waals surface area contributed by atoms with Gasteiger partial charge in [-0.15, -0.1) is 0 Å². The highest BCUT2D eigenvalue weighted by atomic mass is 79.9. The van der Waals surface area contributed by atoms with Crippen LogP contribution < -0.4 is 10.2 Å². The van der Waals surface area contributed by atoms with E-state index in [1.165, 1.54) is 0 Å². The van der Waals surface area contributed by atoms with Crippen LogP contribution in [0.1, 0.15) is 31.7 Å². The Kier molecular flexibility index (Phi) is 4.81. The number of carbonyl (C=O) groups is 2. The van der Waals surface area contributed by atoms with Gasteiger partial charge in [-0.25, -0.2) is 0 Å². The summed E-state index contributed by atoms with van der Waals surface area (Å²) in [6, 6.07) is 5.48. The molecular weight excluding hydrogens is 320 g/mol. The number of halogens is 1. The first kappa shape index (κ1) is 15.0. The number of nitrogens with one attached hydrogen (secondary N) is 1. The van der Waals surface area contributed by atoms with E-state index in [9.17, 15) is 9.59 Å². The second-order valence-corrected chi connectivity index (χ2v) is 5.96. The highest BCUT2D eigenvalue weighted by molar-refractivity contribution is 9.10. The van der Waals surface area contributed by atoms with Crippen molar-refractivity contribution in [1.82, 2.24) is 5.32 Å². The molecule has 2 amide bonds. The van der Waals surface area contributed by atoms with Crippen molar-refractivity contribution < 1.29 is 9.59 Å². The van der Waals surface area contributed by atoms with Crippen molar-refractivity contribution in [1.29, 1.82) is 0 Å². The van der Waals surface area contributed by atoms with Gasteiger partial charge in [0.05, 0.1) is 5.69 Å². The van der Waals surface area contributed by atoms with E-state index in [0.29, 0.717) is 19.4 Å². The lowest BCUT2D eigenvalue weighted by atomic mass is 10.1. The third-order valence-corrected chi connectivity index (χ3v) is 4.10. The van der Waals surface area contributed by atoms with E-state index in [4.69, 9.17) is 0 Å². The Bertz CT molecular complexity index is 531. The topological polar surface area (TPSA) is 49.4 Å².